The molecule has 0 fully saturated rings. The van der Waals surface area contributed by atoms with E-state index in [0.717, 1.165) is 29.0 Å². The Balaban J connectivity index is 1.46. The lowest BCUT2D eigenvalue weighted by atomic mass is 10.3. The van der Waals surface area contributed by atoms with Crippen LogP contribution >= 0.6 is 0 Å². The molecular formula is C18H17N7O. The molecule has 0 aliphatic carbocycles. The highest BCUT2D eigenvalue weighted by molar-refractivity contribution is 5.95. The number of carbonyl (C=O) groups excluding carboxylic acids is 1. The number of hydrogen-bond donors (Lipinski definition) is 0. The van der Waals surface area contributed by atoms with Gasteiger partial charge < -0.3 is 4.57 Å². The van der Waals surface area contributed by atoms with E-state index < -0.39 is 0 Å². The molecule has 8 heteroatoms. The summed E-state index contributed by atoms with van der Waals surface area (Å²) in [5.41, 5.74) is 3.79. The first-order valence-corrected chi connectivity index (χ1v) is 8.56. The molecule has 8 nitrogen and oxygen atoms in total. The van der Waals surface area contributed by atoms with Crippen LogP contribution in [0, 0.1) is 13.8 Å². The molecular weight excluding hydrogens is 330 g/mol. The Morgan fingerprint density at radius 2 is 1.96 bits per heavy atom. The maximum Gasteiger partial charge on any atom is 0.252 e. The van der Waals surface area contributed by atoms with Gasteiger partial charge in [0.15, 0.2) is 5.82 Å². The molecule has 0 radical (unpaired) electrons. The molecule has 0 saturated heterocycles. The van der Waals surface area contributed by atoms with Crippen LogP contribution in [0.3, 0.4) is 0 Å². The van der Waals surface area contributed by atoms with Crippen molar-refractivity contribution in [2.24, 2.45) is 0 Å². The highest BCUT2D eigenvalue weighted by Gasteiger charge is 2.29. The van der Waals surface area contributed by atoms with Gasteiger partial charge in [0.2, 0.25) is 11.9 Å². The Bertz CT molecular complexity index is 1170. The fourth-order valence-corrected chi connectivity index (χ4v) is 3.54. The van der Waals surface area contributed by atoms with Crippen LogP contribution in [0.4, 0.5) is 5.95 Å². The molecule has 4 aromatic rings. The molecule has 0 spiro atoms. The molecule has 1 aliphatic rings. The quantitative estimate of drug-likeness (QED) is 0.551. The fraction of sp³-hybridized carbons (Fsp3) is 0.278. The summed E-state index contributed by atoms with van der Waals surface area (Å²) in [4.78, 5) is 28.0. The average molecular weight is 347 g/mol. The third-order valence-electron chi connectivity index (χ3n) is 4.70. The molecule has 4 heterocycles. The Labute approximate surface area is 149 Å². The van der Waals surface area contributed by atoms with Crippen LogP contribution in [0.5, 0.6) is 0 Å². The predicted octanol–water partition coefficient (Wildman–Crippen LogP) is 1.68. The fourth-order valence-electron chi connectivity index (χ4n) is 3.54. The first-order valence-electron chi connectivity index (χ1n) is 8.56. The number of benzene rings is 1. The van der Waals surface area contributed by atoms with E-state index in [0.29, 0.717) is 24.1 Å². The smallest absolute Gasteiger partial charge is 0.252 e. The van der Waals surface area contributed by atoms with Crippen molar-refractivity contribution in [3.63, 3.8) is 0 Å². The van der Waals surface area contributed by atoms with E-state index in [1.165, 1.54) is 0 Å². The van der Waals surface area contributed by atoms with Crippen LogP contribution in [-0.4, -0.2) is 41.6 Å². The van der Waals surface area contributed by atoms with Crippen LogP contribution in [-0.2, 0) is 17.8 Å². The predicted molar refractivity (Wildman–Crippen MR) is 96.0 cm³/mol. The van der Waals surface area contributed by atoms with Crippen LogP contribution in [0.2, 0.25) is 0 Å². The second-order valence-corrected chi connectivity index (χ2v) is 6.55. The zero-order chi connectivity index (χ0) is 17.8. The number of aromatic nitrogens is 6. The maximum atomic E-state index is 12.8. The second-order valence-electron chi connectivity index (χ2n) is 6.55. The maximum absolute atomic E-state index is 12.8. The van der Waals surface area contributed by atoms with E-state index in [-0.39, 0.29) is 12.3 Å². The summed E-state index contributed by atoms with van der Waals surface area (Å²) >= 11 is 0. The van der Waals surface area contributed by atoms with Gasteiger partial charge in [-0.1, -0.05) is 12.1 Å². The molecule has 1 amide bonds. The molecule has 3 aromatic heterocycles. The number of fused-ring (bicyclic) bond motifs is 4. The third kappa shape index (κ3) is 2.18. The molecule has 5 rings (SSSR count). The van der Waals surface area contributed by atoms with Crippen molar-refractivity contribution in [3.05, 3.63) is 47.5 Å². The van der Waals surface area contributed by atoms with Crippen LogP contribution in [0.1, 0.15) is 17.2 Å². The van der Waals surface area contributed by atoms with Gasteiger partial charge >= 0.3 is 0 Å². The van der Waals surface area contributed by atoms with E-state index in [1.54, 1.807) is 9.42 Å². The largest absolute Gasteiger partial charge is 0.308 e. The van der Waals surface area contributed by atoms with E-state index in [9.17, 15) is 4.79 Å². The average Bonchev–Trinajstić information content (AvgIpc) is 3.27. The first kappa shape index (κ1) is 15.0. The standard InChI is InChI=1S/C18H17N7O/c1-11-9-12(2)25-17(19-11)21-15(22-25)10-16(26)24-8-7-23-14-6-4-3-5-13(14)20-18(23)24/h3-6,9H,7-8,10H2,1-2H3. The van der Waals surface area contributed by atoms with Crippen molar-refractivity contribution >= 4 is 28.7 Å². The van der Waals surface area contributed by atoms with E-state index in [1.807, 2.05) is 44.2 Å². The van der Waals surface area contributed by atoms with Crippen LogP contribution in [0.25, 0.3) is 16.8 Å². The molecule has 0 bridgehead atoms. The van der Waals surface area contributed by atoms with Crippen molar-refractivity contribution in [3.8, 4) is 0 Å². The van der Waals surface area contributed by atoms with Gasteiger partial charge in [-0.2, -0.15) is 4.98 Å². The van der Waals surface area contributed by atoms with Crippen molar-refractivity contribution in [2.75, 3.05) is 11.4 Å². The molecule has 0 N–H and O–H groups in total. The highest BCUT2D eigenvalue weighted by atomic mass is 16.2. The van der Waals surface area contributed by atoms with Gasteiger partial charge in [-0.15, -0.1) is 5.10 Å². The Kier molecular flexibility index (Phi) is 3.09. The summed E-state index contributed by atoms with van der Waals surface area (Å²) < 4.78 is 3.76. The summed E-state index contributed by atoms with van der Waals surface area (Å²) in [5.74, 6) is 1.65. The lowest BCUT2D eigenvalue weighted by Crippen LogP contribution is -2.31. The Morgan fingerprint density at radius 1 is 1.12 bits per heavy atom. The van der Waals surface area contributed by atoms with Crippen LogP contribution in [0.15, 0.2) is 30.3 Å². The molecule has 0 unspecified atom stereocenters. The summed E-state index contributed by atoms with van der Waals surface area (Å²) in [6.07, 6.45) is 0.130. The van der Waals surface area contributed by atoms with Gasteiger partial charge in [0, 0.05) is 24.5 Å². The molecule has 1 aliphatic heterocycles. The number of para-hydroxylation sites is 2. The Hall–Kier alpha value is -3.29. The summed E-state index contributed by atoms with van der Waals surface area (Å²) in [5, 5.41) is 4.43. The van der Waals surface area contributed by atoms with Crippen molar-refractivity contribution in [1.82, 2.24) is 29.1 Å². The van der Waals surface area contributed by atoms with Crippen molar-refractivity contribution in [2.45, 2.75) is 26.8 Å². The number of hydrogen-bond acceptors (Lipinski definition) is 5. The number of rotatable bonds is 2. The normalized spacial score (nSPS) is 13.7. The van der Waals surface area contributed by atoms with E-state index in [2.05, 4.69) is 24.6 Å². The number of aryl methyl sites for hydroxylation is 2. The SMILES string of the molecule is Cc1cc(C)n2nc(CC(=O)N3CCn4c3nc3ccccc34)nc2n1. The summed E-state index contributed by atoms with van der Waals surface area (Å²) in [7, 11) is 0. The van der Waals surface area contributed by atoms with Crippen LogP contribution < -0.4 is 4.90 Å². The molecule has 0 saturated carbocycles. The zero-order valence-electron chi connectivity index (χ0n) is 14.5. The Morgan fingerprint density at radius 3 is 2.85 bits per heavy atom. The minimum absolute atomic E-state index is 0.0515. The molecule has 1 aromatic carbocycles. The summed E-state index contributed by atoms with van der Waals surface area (Å²) in [6, 6.07) is 9.87. The van der Waals surface area contributed by atoms with Crippen molar-refractivity contribution < 1.29 is 4.79 Å². The van der Waals surface area contributed by atoms with E-state index >= 15 is 0 Å². The second kappa shape index (κ2) is 5.35. The zero-order valence-corrected chi connectivity index (χ0v) is 14.5. The summed E-state index contributed by atoms with van der Waals surface area (Å²) in [6.45, 7) is 5.24. The van der Waals surface area contributed by atoms with E-state index in [4.69, 9.17) is 0 Å². The number of anilines is 1. The number of amides is 1. The molecule has 0 atom stereocenters. The third-order valence-corrected chi connectivity index (χ3v) is 4.70. The minimum Gasteiger partial charge on any atom is -0.308 e. The molecule has 26 heavy (non-hydrogen) atoms. The lowest BCUT2D eigenvalue weighted by Gasteiger charge is -2.12. The lowest BCUT2D eigenvalue weighted by molar-refractivity contribution is -0.118. The van der Waals surface area contributed by atoms with Gasteiger partial charge in [0.05, 0.1) is 17.5 Å². The van der Waals surface area contributed by atoms with Gasteiger partial charge in [0.25, 0.3) is 5.78 Å². The monoisotopic (exact) mass is 347 g/mol. The number of carbonyl (C=O) groups is 1. The molecule has 130 valence electrons. The first-order chi connectivity index (χ1) is 12.6. The topological polar surface area (TPSA) is 81.2 Å². The number of nitrogens with zero attached hydrogens (tertiary/aromatic N) is 7. The van der Waals surface area contributed by atoms with Crippen molar-refractivity contribution in [1.29, 1.82) is 0 Å². The minimum atomic E-state index is -0.0515. The van der Waals surface area contributed by atoms with Gasteiger partial charge in [0.1, 0.15) is 0 Å². The highest BCUT2D eigenvalue weighted by Crippen LogP contribution is 2.27. The van der Waals surface area contributed by atoms with Gasteiger partial charge in [-0.25, -0.2) is 14.5 Å². The van der Waals surface area contributed by atoms with Gasteiger partial charge in [-0.3, -0.25) is 9.69 Å². The number of imidazole rings is 1. The van der Waals surface area contributed by atoms with Gasteiger partial charge in [-0.05, 0) is 32.0 Å².